The van der Waals surface area contributed by atoms with Crippen LogP contribution in [0.1, 0.15) is 33.6 Å². The average Bonchev–Trinajstić information content (AvgIpc) is 2.82. The highest BCUT2D eigenvalue weighted by atomic mass is 35.5. The molecule has 0 bridgehead atoms. The van der Waals surface area contributed by atoms with Gasteiger partial charge in [0.05, 0.1) is 21.8 Å². The molecule has 3 amide bonds. The van der Waals surface area contributed by atoms with Crippen LogP contribution in [0.25, 0.3) is 0 Å². The van der Waals surface area contributed by atoms with Crippen LogP contribution in [0.4, 0.5) is 5.69 Å². The molecule has 5 nitrogen and oxygen atoms in total. The first kappa shape index (κ1) is 16.2. The molecular weight excluding hydrogens is 328 g/mol. The summed E-state index contributed by atoms with van der Waals surface area (Å²) in [5.41, 5.74) is 1.39. The van der Waals surface area contributed by atoms with Gasteiger partial charge in [-0.15, -0.1) is 0 Å². The van der Waals surface area contributed by atoms with Crippen LogP contribution in [0.3, 0.4) is 0 Å². The average molecular weight is 343 g/mol. The van der Waals surface area contributed by atoms with E-state index >= 15 is 0 Å². The number of amides is 3. The Morgan fingerprint density at radius 2 is 1.54 bits per heavy atom. The zero-order valence-electron chi connectivity index (χ0n) is 12.8. The molecule has 0 fully saturated rings. The van der Waals surface area contributed by atoms with E-state index < -0.39 is 0 Å². The van der Waals surface area contributed by atoms with Gasteiger partial charge in [-0.2, -0.15) is 0 Å². The largest absolute Gasteiger partial charge is 0.325 e. The third kappa shape index (κ3) is 3.16. The van der Waals surface area contributed by atoms with E-state index in [4.69, 9.17) is 11.6 Å². The Balaban J connectivity index is 1.54. The standard InChI is InChI=1S/C18H15ClN2O3/c19-14-8-3-4-9-15(14)20-16(22)10-5-11-21-17(23)12-6-1-2-7-13(12)18(21)24/h1-4,6-9H,5,10-11H2,(H,20,22). The second-order valence-electron chi connectivity index (χ2n) is 5.44. The molecule has 1 aliphatic heterocycles. The van der Waals surface area contributed by atoms with Crippen LogP contribution in [0.15, 0.2) is 48.5 Å². The Labute approximate surface area is 144 Å². The summed E-state index contributed by atoms with van der Waals surface area (Å²) >= 11 is 5.98. The van der Waals surface area contributed by atoms with Crippen molar-refractivity contribution in [3.63, 3.8) is 0 Å². The number of benzene rings is 2. The summed E-state index contributed by atoms with van der Waals surface area (Å²) in [4.78, 5) is 37.6. The van der Waals surface area contributed by atoms with Gasteiger partial charge in [0.2, 0.25) is 5.91 Å². The molecule has 0 unspecified atom stereocenters. The van der Waals surface area contributed by atoms with E-state index in [0.717, 1.165) is 0 Å². The van der Waals surface area contributed by atoms with Gasteiger partial charge < -0.3 is 5.32 Å². The molecule has 24 heavy (non-hydrogen) atoms. The Morgan fingerprint density at radius 3 is 2.17 bits per heavy atom. The quantitative estimate of drug-likeness (QED) is 0.847. The molecule has 0 aliphatic carbocycles. The predicted octanol–water partition coefficient (Wildman–Crippen LogP) is 3.35. The first-order chi connectivity index (χ1) is 11.6. The summed E-state index contributed by atoms with van der Waals surface area (Å²) < 4.78 is 0. The lowest BCUT2D eigenvalue weighted by molar-refractivity contribution is -0.116. The number of carbonyl (C=O) groups is 3. The van der Waals surface area contributed by atoms with E-state index in [0.29, 0.717) is 28.3 Å². The van der Waals surface area contributed by atoms with Gasteiger partial charge in [0, 0.05) is 13.0 Å². The molecule has 0 atom stereocenters. The fourth-order valence-corrected chi connectivity index (χ4v) is 2.80. The highest BCUT2D eigenvalue weighted by Gasteiger charge is 2.34. The topological polar surface area (TPSA) is 66.5 Å². The molecule has 0 aromatic heterocycles. The smallest absolute Gasteiger partial charge is 0.261 e. The lowest BCUT2D eigenvalue weighted by atomic mass is 10.1. The van der Waals surface area contributed by atoms with Gasteiger partial charge in [-0.3, -0.25) is 19.3 Å². The Kier molecular flexibility index (Phi) is 4.62. The van der Waals surface area contributed by atoms with Crippen molar-refractivity contribution in [1.29, 1.82) is 0 Å². The minimum atomic E-state index is -0.304. The summed E-state index contributed by atoms with van der Waals surface area (Å²) in [6.07, 6.45) is 0.584. The minimum absolute atomic E-state index is 0.193. The second-order valence-corrected chi connectivity index (χ2v) is 5.85. The summed E-state index contributed by atoms with van der Waals surface area (Å²) in [6, 6.07) is 13.7. The molecule has 0 radical (unpaired) electrons. The monoisotopic (exact) mass is 342 g/mol. The van der Waals surface area contributed by atoms with E-state index in [2.05, 4.69) is 5.32 Å². The van der Waals surface area contributed by atoms with Crippen LogP contribution >= 0.6 is 11.6 Å². The molecule has 1 N–H and O–H groups in total. The number of imide groups is 1. The van der Waals surface area contributed by atoms with Crippen molar-refractivity contribution in [2.75, 3.05) is 11.9 Å². The third-order valence-corrected chi connectivity index (χ3v) is 4.14. The molecule has 2 aromatic rings. The van der Waals surface area contributed by atoms with E-state index in [1.807, 2.05) is 0 Å². The number of carbonyl (C=O) groups excluding carboxylic acids is 3. The number of nitrogens with one attached hydrogen (secondary N) is 1. The van der Waals surface area contributed by atoms with Crippen molar-refractivity contribution in [2.24, 2.45) is 0 Å². The molecule has 0 saturated heterocycles. The maximum absolute atomic E-state index is 12.2. The fraction of sp³-hybridized carbons (Fsp3) is 0.167. The molecule has 0 saturated carbocycles. The first-order valence-corrected chi connectivity index (χ1v) is 7.95. The fourth-order valence-electron chi connectivity index (χ4n) is 2.62. The van der Waals surface area contributed by atoms with Crippen LogP contribution < -0.4 is 5.32 Å². The predicted molar refractivity (Wildman–Crippen MR) is 91.1 cm³/mol. The Morgan fingerprint density at radius 1 is 0.958 bits per heavy atom. The number of nitrogens with zero attached hydrogens (tertiary/aromatic N) is 1. The van der Waals surface area contributed by atoms with Crippen molar-refractivity contribution in [3.05, 3.63) is 64.7 Å². The molecule has 1 aliphatic rings. The molecule has 0 spiro atoms. The summed E-state index contributed by atoms with van der Waals surface area (Å²) in [5.74, 6) is -0.816. The normalized spacial score (nSPS) is 13.1. The molecular formula is C18H15ClN2O3. The van der Waals surface area contributed by atoms with Crippen LogP contribution in [-0.4, -0.2) is 29.2 Å². The highest BCUT2D eigenvalue weighted by molar-refractivity contribution is 6.33. The number of para-hydroxylation sites is 1. The molecule has 2 aromatic carbocycles. The number of hydrogen-bond donors (Lipinski definition) is 1. The van der Waals surface area contributed by atoms with Crippen LogP contribution in [-0.2, 0) is 4.79 Å². The molecule has 1 heterocycles. The second kappa shape index (κ2) is 6.84. The van der Waals surface area contributed by atoms with Crippen molar-refractivity contribution in [3.8, 4) is 0 Å². The lowest BCUT2D eigenvalue weighted by Crippen LogP contribution is -2.31. The van der Waals surface area contributed by atoms with Crippen molar-refractivity contribution < 1.29 is 14.4 Å². The lowest BCUT2D eigenvalue weighted by Gasteiger charge is -2.13. The van der Waals surface area contributed by atoms with Gasteiger partial charge in [0.15, 0.2) is 0 Å². The van der Waals surface area contributed by atoms with Crippen molar-refractivity contribution in [2.45, 2.75) is 12.8 Å². The van der Waals surface area contributed by atoms with Crippen LogP contribution in [0.2, 0.25) is 5.02 Å². The highest BCUT2D eigenvalue weighted by Crippen LogP contribution is 2.23. The van der Waals surface area contributed by atoms with Gasteiger partial charge in [0.25, 0.3) is 11.8 Å². The van der Waals surface area contributed by atoms with E-state index in [-0.39, 0.29) is 30.7 Å². The Hall–Kier alpha value is -2.66. The van der Waals surface area contributed by atoms with Gasteiger partial charge >= 0.3 is 0 Å². The van der Waals surface area contributed by atoms with Crippen molar-refractivity contribution >= 4 is 35.0 Å². The van der Waals surface area contributed by atoms with E-state index in [9.17, 15) is 14.4 Å². The molecule has 122 valence electrons. The van der Waals surface area contributed by atoms with Gasteiger partial charge in [0.1, 0.15) is 0 Å². The minimum Gasteiger partial charge on any atom is -0.325 e. The maximum atomic E-state index is 12.2. The molecule has 3 rings (SSSR count). The number of halogens is 1. The van der Waals surface area contributed by atoms with Crippen LogP contribution in [0, 0.1) is 0 Å². The van der Waals surface area contributed by atoms with Crippen molar-refractivity contribution in [1.82, 2.24) is 4.90 Å². The summed E-state index contributed by atoms with van der Waals surface area (Å²) in [7, 11) is 0. The maximum Gasteiger partial charge on any atom is 0.261 e. The van der Waals surface area contributed by atoms with E-state index in [1.165, 1.54) is 4.90 Å². The molecule has 6 heteroatoms. The number of fused-ring (bicyclic) bond motifs is 1. The number of rotatable bonds is 5. The zero-order chi connectivity index (χ0) is 17.1. The van der Waals surface area contributed by atoms with Gasteiger partial charge in [-0.05, 0) is 30.7 Å². The van der Waals surface area contributed by atoms with Gasteiger partial charge in [-0.25, -0.2) is 0 Å². The van der Waals surface area contributed by atoms with E-state index in [1.54, 1.807) is 48.5 Å². The van der Waals surface area contributed by atoms with Crippen LogP contribution in [0.5, 0.6) is 0 Å². The Bertz CT molecular complexity index is 784. The zero-order valence-corrected chi connectivity index (χ0v) is 13.5. The first-order valence-electron chi connectivity index (χ1n) is 7.57. The number of hydrogen-bond acceptors (Lipinski definition) is 3. The summed E-state index contributed by atoms with van der Waals surface area (Å²) in [6.45, 7) is 0.211. The SMILES string of the molecule is O=C(CCCN1C(=O)c2ccccc2C1=O)Nc1ccccc1Cl. The third-order valence-electron chi connectivity index (χ3n) is 3.81. The summed E-state index contributed by atoms with van der Waals surface area (Å²) in [5, 5.41) is 3.18. The van der Waals surface area contributed by atoms with Gasteiger partial charge in [-0.1, -0.05) is 35.9 Å². The number of anilines is 1.